The van der Waals surface area contributed by atoms with Crippen molar-refractivity contribution in [2.45, 2.75) is 19.4 Å². The van der Waals surface area contributed by atoms with E-state index in [0.717, 1.165) is 18.9 Å². The Morgan fingerprint density at radius 2 is 2.26 bits per heavy atom. The third-order valence-corrected chi connectivity index (χ3v) is 3.57. The van der Waals surface area contributed by atoms with E-state index in [1.165, 1.54) is 23.3 Å². The molecule has 122 valence electrons. The van der Waals surface area contributed by atoms with Gasteiger partial charge in [0.2, 0.25) is 0 Å². The topological polar surface area (TPSA) is 64.8 Å². The van der Waals surface area contributed by atoms with E-state index in [1.807, 2.05) is 0 Å². The summed E-state index contributed by atoms with van der Waals surface area (Å²) in [6, 6.07) is 5.30. The van der Waals surface area contributed by atoms with Crippen molar-refractivity contribution in [3.8, 4) is 5.75 Å². The largest absolute Gasteiger partial charge is 0.484 e. The van der Waals surface area contributed by atoms with E-state index in [9.17, 15) is 9.18 Å². The summed E-state index contributed by atoms with van der Waals surface area (Å²) in [5, 5.41) is 5.16. The number of ether oxygens (including phenoxy) is 1. The van der Waals surface area contributed by atoms with Gasteiger partial charge in [-0.2, -0.15) is 0 Å². The first-order valence-electron chi connectivity index (χ1n) is 7.12. The predicted octanol–water partition coefficient (Wildman–Crippen LogP) is 3.21. The number of aromatic nitrogens is 1. The van der Waals surface area contributed by atoms with Gasteiger partial charge in [0.15, 0.2) is 11.5 Å². The highest BCUT2D eigenvalue weighted by atomic mass is 35.5. The van der Waals surface area contributed by atoms with E-state index in [-0.39, 0.29) is 23.2 Å². The molecule has 1 aromatic carbocycles. The molecule has 1 aliphatic heterocycles. The minimum absolute atomic E-state index is 0.0203. The third kappa shape index (κ3) is 3.80. The second-order valence-electron chi connectivity index (χ2n) is 4.99. The van der Waals surface area contributed by atoms with Crippen molar-refractivity contribution in [3.63, 3.8) is 0 Å². The highest BCUT2D eigenvalue weighted by molar-refractivity contribution is 6.32. The van der Waals surface area contributed by atoms with E-state index in [1.54, 1.807) is 0 Å². The van der Waals surface area contributed by atoms with Crippen molar-refractivity contribution >= 4 is 17.5 Å². The minimum Gasteiger partial charge on any atom is -0.484 e. The highest BCUT2D eigenvalue weighted by Crippen LogP contribution is 2.25. The Labute approximate surface area is 136 Å². The lowest BCUT2D eigenvalue weighted by Gasteiger charge is -2.24. The van der Waals surface area contributed by atoms with Crippen LogP contribution in [0.3, 0.4) is 0 Å². The second-order valence-corrected chi connectivity index (χ2v) is 5.40. The van der Waals surface area contributed by atoms with Crippen LogP contribution in [0.1, 0.15) is 29.1 Å². The standard InChI is InChI=1S/C15H14ClFN2O4/c16-12-7-10(17)3-4-14(12)21-9-11-8-13(18-23-11)15(20)19-5-1-2-6-22-19/h3-4,7-8H,1-2,5-6,9H2. The Morgan fingerprint density at radius 1 is 1.39 bits per heavy atom. The molecule has 0 aliphatic carbocycles. The van der Waals surface area contributed by atoms with E-state index in [2.05, 4.69) is 5.16 Å². The quantitative estimate of drug-likeness (QED) is 0.855. The molecule has 2 aromatic rings. The molecule has 1 aliphatic rings. The maximum absolute atomic E-state index is 13.0. The molecule has 3 rings (SSSR count). The molecule has 0 bridgehead atoms. The fourth-order valence-electron chi connectivity index (χ4n) is 2.11. The van der Waals surface area contributed by atoms with Gasteiger partial charge >= 0.3 is 0 Å². The van der Waals surface area contributed by atoms with Gasteiger partial charge in [-0.1, -0.05) is 16.8 Å². The van der Waals surface area contributed by atoms with Gasteiger partial charge in [0.25, 0.3) is 5.91 Å². The molecule has 0 spiro atoms. The van der Waals surface area contributed by atoms with Crippen molar-refractivity contribution in [1.82, 2.24) is 10.2 Å². The zero-order valence-corrected chi connectivity index (χ0v) is 12.9. The average Bonchev–Trinajstić information content (AvgIpc) is 3.03. The summed E-state index contributed by atoms with van der Waals surface area (Å²) in [6.45, 7) is 1.07. The Kier molecular flexibility index (Phi) is 4.78. The zero-order chi connectivity index (χ0) is 16.2. The number of halogens is 2. The Hall–Kier alpha value is -2.12. The fourth-order valence-corrected chi connectivity index (χ4v) is 2.33. The van der Waals surface area contributed by atoms with Gasteiger partial charge < -0.3 is 9.26 Å². The van der Waals surface area contributed by atoms with Crippen LogP contribution in [0.4, 0.5) is 4.39 Å². The number of nitrogens with zero attached hydrogens (tertiary/aromatic N) is 2. The van der Waals surface area contributed by atoms with Crippen LogP contribution in [0.15, 0.2) is 28.8 Å². The van der Waals surface area contributed by atoms with E-state index >= 15 is 0 Å². The molecule has 0 atom stereocenters. The molecule has 2 heterocycles. The van der Waals surface area contributed by atoms with Crippen molar-refractivity contribution < 1.29 is 23.3 Å². The van der Waals surface area contributed by atoms with E-state index in [0.29, 0.717) is 24.7 Å². The monoisotopic (exact) mass is 340 g/mol. The summed E-state index contributed by atoms with van der Waals surface area (Å²) < 4.78 is 23.5. The van der Waals surface area contributed by atoms with Crippen molar-refractivity contribution in [1.29, 1.82) is 0 Å². The van der Waals surface area contributed by atoms with Crippen LogP contribution >= 0.6 is 11.6 Å². The van der Waals surface area contributed by atoms with E-state index < -0.39 is 5.82 Å². The van der Waals surface area contributed by atoms with Crippen LogP contribution in [-0.2, 0) is 11.4 Å². The minimum atomic E-state index is -0.448. The van der Waals surface area contributed by atoms with Crippen LogP contribution in [0.5, 0.6) is 5.75 Å². The Bertz CT molecular complexity index is 701. The third-order valence-electron chi connectivity index (χ3n) is 3.27. The maximum Gasteiger partial charge on any atom is 0.299 e. The first kappa shape index (κ1) is 15.8. The lowest BCUT2D eigenvalue weighted by molar-refractivity contribution is -0.144. The molecular formula is C15H14ClFN2O4. The molecule has 0 unspecified atom stereocenters. The average molecular weight is 341 g/mol. The summed E-state index contributed by atoms with van der Waals surface area (Å²) in [5.74, 6) is -0.126. The molecule has 8 heteroatoms. The first-order chi connectivity index (χ1) is 11.1. The van der Waals surface area contributed by atoms with Crippen LogP contribution < -0.4 is 4.74 Å². The van der Waals surface area contributed by atoms with Crippen LogP contribution in [0, 0.1) is 5.82 Å². The number of hydrogen-bond acceptors (Lipinski definition) is 5. The second kappa shape index (κ2) is 6.97. The van der Waals surface area contributed by atoms with Gasteiger partial charge in [-0.25, -0.2) is 9.45 Å². The normalized spacial score (nSPS) is 14.8. The predicted molar refractivity (Wildman–Crippen MR) is 78.5 cm³/mol. The van der Waals surface area contributed by atoms with Crippen molar-refractivity contribution in [2.24, 2.45) is 0 Å². The zero-order valence-electron chi connectivity index (χ0n) is 12.1. The van der Waals surface area contributed by atoms with Gasteiger partial charge in [-0.3, -0.25) is 9.63 Å². The Balaban J connectivity index is 1.61. The molecular weight excluding hydrogens is 327 g/mol. The summed E-state index contributed by atoms with van der Waals surface area (Å²) in [4.78, 5) is 17.4. The van der Waals surface area contributed by atoms with Gasteiger partial charge in [-0.05, 0) is 31.0 Å². The number of rotatable bonds is 4. The number of carbonyl (C=O) groups excluding carboxylic acids is 1. The van der Waals surface area contributed by atoms with Crippen molar-refractivity contribution in [2.75, 3.05) is 13.2 Å². The fraction of sp³-hybridized carbons (Fsp3) is 0.333. The van der Waals surface area contributed by atoms with Gasteiger partial charge in [-0.15, -0.1) is 0 Å². The molecule has 1 aromatic heterocycles. The number of hydrogen-bond donors (Lipinski definition) is 0. The van der Waals surface area contributed by atoms with Gasteiger partial charge in [0, 0.05) is 12.6 Å². The van der Waals surface area contributed by atoms with E-state index in [4.69, 9.17) is 25.7 Å². The summed E-state index contributed by atoms with van der Waals surface area (Å²) in [7, 11) is 0. The molecule has 1 amide bonds. The molecule has 0 saturated carbocycles. The van der Waals surface area contributed by atoms with Crippen LogP contribution in [0.2, 0.25) is 5.02 Å². The molecule has 23 heavy (non-hydrogen) atoms. The molecule has 6 nitrogen and oxygen atoms in total. The molecule has 1 saturated heterocycles. The first-order valence-corrected chi connectivity index (χ1v) is 7.49. The molecule has 0 N–H and O–H groups in total. The number of hydroxylamine groups is 2. The maximum atomic E-state index is 13.0. The van der Waals surface area contributed by atoms with Crippen LogP contribution in [-0.4, -0.2) is 29.3 Å². The van der Waals surface area contributed by atoms with Gasteiger partial charge in [0.05, 0.1) is 11.6 Å². The smallest absolute Gasteiger partial charge is 0.299 e. The number of amides is 1. The summed E-state index contributed by atoms with van der Waals surface area (Å²) in [6.07, 6.45) is 1.82. The summed E-state index contributed by atoms with van der Waals surface area (Å²) in [5.41, 5.74) is 0.149. The van der Waals surface area contributed by atoms with Crippen LogP contribution in [0.25, 0.3) is 0 Å². The summed E-state index contributed by atoms with van der Waals surface area (Å²) >= 11 is 5.86. The van der Waals surface area contributed by atoms with Gasteiger partial charge in [0.1, 0.15) is 18.2 Å². The molecule has 1 fully saturated rings. The Morgan fingerprint density at radius 3 is 3.00 bits per heavy atom. The molecule has 0 radical (unpaired) electrons. The highest BCUT2D eigenvalue weighted by Gasteiger charge is 2.23. The lowest BCUT2D eigenvalue weighted by Crippen LogP contribution is -2.35. The number of carbonyl (C=O) groups is 1. The lowest BCUT2D eigenvalue weighted by atomic mass is 10.3. The van der Waals surface area contributed by atoms with Crippen molar-refractivity contribution in [3.05, 3.63) is 46.6 Å². The number of benzene rings is 1. The SMILES string of the molecule is O=C(c1cc(COc2ccc(F)cc2Cl)on1)N1CCCCO1.